The molecule has 2 rings (SSSR count). The molecule has 1 fully saturated rings. The first-order chi connectivity index (χ1) is 8.67. The molecule has 0 bridgehead atoms. The van der Waals surface area contributed by atoms with E-state index in [2.05, 4.69) is 35.9 Å². The van der Waals surface area contributed by atoms with Crippen LogP contribution in [0.25, 0.3) is 0 Å². The Hall–Kier alpha value is -1.06. The van der Waals surface area contributed by atoms with Crippen LogP contribution in [0, 0.1) is 5.92 Å². The standard InChI is InChI=1S/C15H25N3/c1-3-17(2)10-14-7-8-18(12-14)11-13-5-4-6-15(16)9-13/h4-6,9,14H,3,7-8,10-12,16H2,1-2H3. The third-order valence-electron chi connectivity index (χ3n) is 3.84. The van der Waals surface area contributed by atoms with Crippen molar-refractivity contribution in [3.63, 3.8) is 0 Å². The summed E-state index contributed by atoms with van der Waals surface area (Å²) in [5.74, 6) is 0.830. The van der Waals surface area contributed by atoms with E-state index >= 15 is 0 Å². The van der Waals surface area contributed by atoms with Crippen molar-refractivity contribution in [3.8, 4) is 0 Å². The van der Waals surface area contributed by atoms with Crippen LogP contribution in [0.2, 0.25) is 0 Å². The van der Waals surface area contributed by atoms with E-state index in [4.69, 9.17) is 5.73 Å². The molecule has 0 saturated carbocycles. The fourth-order valence-corrected chi connectivity index (χ4v) is 2.73. The van der Waals surface area contributed by atoms with Crippen molar-refractivity contribution in [1.82, 2.24) is 9.80 Å². The Labute approximate surface area is 111 Å². The number of nitrogens with two attached hydrogens (primary N) is 1. The molecule has 0 amide bonds. The molecule has 1 saturated heterocycles. The Balaban J connectivity index is 1.82. The van der Waals surface area contributed by atoms with Crippen LogP contribution in [-0.4, -0.2) is 43.0 Å². The van der Waals surface area contributed by atoms with Crippen LogP contribution >= 0.6 is 0 Å². The van der Waals surface area contributed by atoms with Gasteiger partial charge in [-0.15, -0.1) is 0 Å². The summed E-state index contributed by atoms with van der Waals surface area (Å²) in [5.41, 5.74) is 8.02. The van der Waals surface area contributed by atoms with Gasteiger partial charge >= 0.3 is 0 Å². The number of benzene rings is 1. The van der Waals surface area contributed by atoms with Gasteiger partial charge in [0.25, 0.3) is 0 Å². The number of nitrogens with zero attached hydrogens (tertiary/aromatic N) is 2. The van der Waals surface area contributed by atoms with Crippen LogP contribution in [0.4, 0.5) is 5.69 Å². The molecule has 3 heteroatoms. The molecular formula is C15H25N3. The molecule has 1 unspecified atom stereocenters. The molecule has 0 aliphatic carbocycles. The molecule has 1 heterocycles. The van der Waals surface area contributed by atoms with Crippen molar-refractivity contribution in [2.24, 2.45) is 5.92 Å². The predicted octanol–water partition coefficient (Wildman–Crippen LogP) is 2.04. The summed E-state index contributed by atoms with van der Waals surface area (Å²) in [6, 6.07) is 8.25. The highest BCUT2D eigenvalue weighted by Crippen LogP contribution is 2.20. The van der Waals surface area contributed by atoms with E-state index in [1.807, 2.05) is 12.1 Å². The zero-order chi connectivity index (χ0) is 13.0. The monoisotopic (exact) mass is 247 g/mol. The van der Waals surface area contributed by atoms with E-state index in [0.717, 1.165) is 24.7 Å². The highest BCUT2D eigenvalue weighted by Gasteiger charge is 2.23. The van der Waals surface area contributed by atoms with Gasteiger partial charge in [0.1, 0.15) is 0 Å². The molecule has 0 radical (unpaired) electrons. The summed E-state index contributed by atoms with van der Waals surface area (Å²) >= 11 is 0. The van der Waals surface area contributed by atoms with Gasteiger partial charge in [-0.2, -0.15) is 0 Å². The predicted molar refractivity (Wildman–Crippen MR) is 77.4 cm³/mol. The van der Waals surface area contributed by atoms with Gasteiger partial charge in [0.05, 0.1) is 0 Å². The first-order valence-corrected chi connectivity index (χ1v) is 6.92. The minimum atomic E-state index is 0.830. The number of hydrogen-bond donors (Lipinski definition) is 1. The number of anilines is 1. The number of likely N-dealkylation sites (tertiary alicyclic amines) is 1. The molecule has 0 spiro atoms. The maximum atomic E-state index is 5.82. The maximum Gasteiger partial charge on any atom is 0.0317 e. The van der Waals surface area contributed by atoms with Crippen molar-refractivity contribution >= 4 is 5.69 Å². The second-order valence-electron chi connectivity index (χ2n) is 5.49. The molecule has 1 aromatic rings. The molecule has 3 nitrogen and oxygen atoms in total. The van der Waals surface area contributed by atoms with Gasteiger partial charge in [-0.25, -0.2) is 0 Å². The number of hydrogen-bond acceptors (Lipinski definition) is 3. The van der Waals surface area contributed by atoms with E-state index in [9.17, 15) is 0 Å². The summed E-state index contributed by atoms with van der Waals surface area (Å²) in [6.45, 7) is 8.07. The molecule has 18 heavy (non-hydrogen) atoms. The van der Waals surface area contributed by atoms with Crippen LogP contribution in [0.3, 0.4) is 0 Å². The Morgan fingerprint density at radius 1 is 1.44 bits per heavy atom. The van der Waals surface area contributed by atoms with Crippen LogP contribution in [-0.2, 0) is 6.54 Å². The molecule has 1 aromatic carbocycles. The molecule has 1 aliphatic heterocycles. The fourth-order valence-electron chi connectivity index (χ4n) is 2.73. The Kier molecular flexibility index (Phi) is 4.61. The number of nitrogen functional groups attached to an aromatic ring is 1. The van der Waals surface area contributed by atoms with Gasteiger partial charge in [0, 0.05) is 25.3 Å². The Bertz CT molecular complexity index is 378. The lowest BCUT2D eigenvalue weighted by Crippen LogP contribution is -2.28. The maximum absolute atomic E-state index is 5.82. The normalized spacial score (nSPS) is 20.7. The van der Waals surface area contributed by atoms with Gasteiger partial charge in [-0.05, 0) is 50.2 Å². The highest BCUT2D eigenvalue weighted by atomic mass is 15.2. The summed E-state index contributed by atoms with van der Waals surface area (Å²) in [5, 5.41) is 0. The zero-order valence-corrected chi connectivity index (χ0v) is 11.6. The van der Waals surface area contributed by atoms with Gasteiger partial charge in [0.2, 0.25) is 0 Å². The van der Waals surface area contributed by atoms with E-state index in [0.29, 0.717) is 0 Å². The molecule has 1 aliphatic rings. The summed E-state index contributed by atoms with van der Waals surface area (Å²) in [4.78, 5) is 4.96. The first kappa shape index (κ1) is 13.4. The van der Waals surface area contributed by atoms with Gasteiger partial charge < -0.3 is 10.6 Å². The van der Waals surface area contributed by atoms with E-state index < -0.39 is 0 Å². The zero-order valence-electron chi connectivity index (χ0n) is 11.6. The lowest BCUT2D eigenvalue weighted by molar-refractivity contribution is 0.268. The third kappa shape index (κ3) is 3.72. The largest absolute Gasteiger partial charge is 0.399 e. The van der Waals surface area contributed by atoms with Gasteiger partial charge in [-0.3, -0.25) is 4.90 Å². The highest BCUT2D eigenvalue weighted by molar-refractivity contribution is 5.40. The average molecular weight is 247 g/mol. The smallest absolute Gasteiger partial charge is 0.0317 e. The fraction of sp³-hybridized carbons (Fsp3) is 0.600. The minimum Gasteiger partial charge on any atom is -0.399 e. The van der Waals surface area contributed by atoms with Crippen molar-refractivity contribution in [2.45, 2.75) is 19.9 Å². The topological polar surface area (TPSA) is 32.5 Å². The van der Waals surface area contributed by atoms with E-state index in [1.165, 1.54) is 31.6 Å². The first-order valence-electron chi connectivity index (χ1n) is 6.92. The lowest BCUT2D eigenvalue weighted by atomic mass is 10.1. The van der Waals surface area contributed by atoms with Gasteiger partial charge in [-0.1, -0.05) is 19.1 Å². The van der Waals surface area contributed by atoms with Crippen LogP contribution in [0.15, 0.2) is 24.3 Å². The lowest BCUT2D eigenvalue weighted by Gasteiger charge is -2.20. The molecule has 0 aromatic heterocycles. The van der Waals surface area contributed by atoms with Crippen molar-refractivity contribution in [2.75, 3.05) is 39.0 Å². The van der Waals surface area contributed by atoms with Crippen LogP contribution < -0.4 is 5.73 Å². The minimum absolute atomic E-state index is 0.830. The Morgan fingerprint density at radius 3 is 3.00 bits per heavy atom. The number of rotatable bonds is 5. The van der Waals surface area contributed by atoms with Crippen LogP contribution in [0.5, 0.6) is 0 Å². The Morgan fingerprint density at radius 2 is 2.28 bits per heavy atom. The van der Waals surface area contributed by atoms with Gasteiger partial charge in [0.15, 0.2) is 0 Å². The van der Waals surface area contributed by atoms with Crippen molar-refractivity contribution < 1.29 is 0 Å². The van der Waals surface area contributed by atoms with Crippen molar-refractivity contribution in [1.29, 1.82) is 0 Å². The quantitative estimate of drug-likeness (QED) is 0.808. The molecule has 1 atom stereocenters. The van der Waals surface area contributed by atoms with Crippen molar-refractivity contribution in [3.05, 3.63) is 29.8 Å². The molecule has 2 N–H and O–H groups in total. The van der Waals surface area contributed by atoms with E-state index in [1.54, 1.807) is 0 Å². The summed E-state index contributed by atoms with van der Waals surface area (Å²) in [7, 11) is 2.21. The molecular weight excluding hydrogens is 222 g/mol. The SMILES string of the molecule is CCN(C)CC1CCN(Cc2cccc(N)c2)C1. The second-order valence-corrected chi connectivity index (χ2v) is 5.49. The third-order valence-corrected chi connectivity index (χ3v) is 3.84. The van der Waals surface area contributed by atoms with E-state index in [-0.39, 0.29) is 0 Å². The average Bonchev–Trinajstić information content (AvgIpc) is 2.76. The second kappa shape index (κ2) is 6.21. The summed E-state index contributed by atoms with van der Waals surface area (Å²) < 4.78 is 0. The molecule has 100 valence electrons. The summed E-state index contributed by atoms with van der Waals surface area (Å²) in [6.07, 6.45) is 1.33. The van der Waals surface area contributed by atoms with Crippen LogP contribution in [0.1, 0.15) is 18.9 Å².